The zero-order chi connectivity index (χ0) is 11.5. The molecule has 0 heterocycles. The summed E-state index contributed by atoms with van der Waals surface area (Å²) in [6, 6.07) is 6.26. The fourth-order valence-electron chi connectivity index (χ4n) is 1.12. The zero-order valence-electron chi connectivity index (χ0n) is 7.68. The Morgan fingerprint density at radius 1 is 1.20 bits per heavy atom. The highest BCUT2D eigenvalue weighted by Crippen LogP contribution is 2.09. The summed E-state index contributed by atoms with van der Waals surface area (Å²) in [6.45, 7) is 0. The van der Waals surface area contributed by atoms with Gasteiger partial charge in [0, 0.05) is 6.42 Å². The van der Waals surface area contributed by atoms with E-state index in [9.17, 15) is 13.2 Å². The second kappa shape index (κ2) is 4.74. The minimum absolute atomic E-state index is 0.105. The van der Waals surface area contributed by atoms with Gasteiger partial charge in [0.1, 0.15) is 5.75 Å². The number of carbonyl (C=O) groups is 1. The molecule has 1 N–H and O–H groups in total. The van der Waals surface area contributed by atoms with Crippen molar-refractivity contribution in [1.29, 1.82) is 0 Å². The molecule has 0 bridgehead atoms. The van der Waals surface area contributed by atoms with E-state index >= 15 is 0 Å². The maximum absolute atomic E-state index is 10.6. The highest BCUT2D eigenvalue weighted by Gasteiger charge is 2.06. The van der Waals surface area contributed by atoms with Crippen LogP contribution in [0.2, 0.25) is 0 Å². The molecule has 0 aliphatic carbocycles. The van der Waals surface area contributed by atoms with Gasteiger partial charge in [0.15, 0.2) is 0 Å². The zero-order valence-corrected chi connectivity index (χ0v) is 9.25. The average molecular weight is 249 g/mol. The molecular weight excluding hydrogens is 240 g/mol. The topological polar surface area (TPSA) is 71.4 Å². The molecule has 0 saturated heterocycles. The van der Waals surface area contributed by atoms with E-state index < -0.39 is 21.1 Å². The molecule has 6 heteroatoms. The van der Waals surface area contributed by atoms with Crippen LogP contribution in [0.4, 0.5) is 0 Å². The van der Waals surface area contributed by atoms with Crippen LogP contribution < -0.4 is 0 Å². The number of halogens is 1. The van der Waals surface area contributed by atoms with Crippen LogP contribution in [0.5, 0.6) is 0 Å². The molecule has 82 valence electrons. The summed E-state index contributed by atoms with van der Waals surface area (Å²) in [5.74, 6) is -0.428. The lowest BCUT2D eigenvalue weighted by Crippen LogP contribution is -2.01. The molecule has 4 nitrogen and oxygen atoms in total. The van der Waals surface area contributed by atoms with Crippen LogP contribution in [0, 0.1) is 0 Å². The van der Waals surface area contributed by atoms with Crippen molar-refractivity contribution in [3.8, 4) is 0 Å². The lowest BCUT2D eigenvalue weighted by molar-refractivity contribution is -0.111. The molecule has 0 radical (unpaired) electrons. The van der Waals surface area contributed by atoms with Crippen molar-refractivity contribution in [2.45, 2.75) is 12.2 Å². The van der Waals surface area contributed by atoms with Crippen molar-refractivity contribution in [2.75, 3.05) is 0 Å². The Morgan fingerprint density at radius 2 is 1.67 bits per heavy atom. The van der Waals surface area contributed by atoms with Crippen LogP contribution in [0.15, 0.2) is 24.3 Å². The standard InChI is InChI=1S/C9H9ClO4S/c10-9(11)5-7-1-3-8(4-2-7)6-15(12,13)14/h1-4H,5-6H2,(H,12,13,14). The van der Waals surface area contributed by atoms with Crippen LogP contribution >= 0.6 is 11.6 Å². The third-order valence-electron chi connectivity index (χ3n) is 1.72. The van der Waals surface area contributed by atoms with Gasteiger partial charge >= 0.3 is 0 Å². The Labute approximate surface area is 92.6 Å². The number of hydrogen-bond acceptors (Lipinski definition) is 3. The minimum Gasteiger partial charge on any atom is -0.285 e. The summed E-state index contributed by atoms with van der Waals surface area (Å²) in [5.41, 5.74) is 1.16. The maximum Gasteiger partial charge on any atom is 0.269 e. The highest BCUT2D eigenvalue weighted by atomic mass is 35.5. The van der Waals surface area contributed by atoms with Crippen LogP contribution in [0.3, 0.4) is 0 Å². The third-order valence-corrected chi connectivity index (χ3v) is 2.55. The fourth-order valence-corrected chi connectivity index (χ4v) is 1.89. The Hall–Kier alpha value is -0.910. The van der Waals surface area contributed by atoms with Crippen molar-refractivity contribution in [2.24, 2.45) is 0 Å². The van der Waals surface area contributed by atoms with Gasteiger partial charge in [-0.15, -0.1) is 0 Å². The summed E-state index contributed by atoms with van der Waals surface area (Å²) in [6.07, 6.45) is 0.105. The van der Waals surface area contributed by atoms with Crippen LogP contribution in [0.25, 0.3) is 0 Å². The van der Waals surface area contributed by atoms with Gasteiger partial charge < -0.3 is 0 Å². The molecule has 0 unspecified atom stereocenters. The molecule has 0 saturated carbocycles. The number of rotatable bonds is 4. The van der Waals surface area contributed by atoms with Crippen molar-refractivity contribution < 1.29 is 17.8 Å². The molecule has 0 fully saturated rings. The van der Waals surface area contributed by atoms with E-state index in [2.05, 4.69) is 0 Å². The van der Waals surface area contributed by atoms with E-state index in [1.54, 1.807) is 12.1 Å². The van der Waals surface area contributed by atoms with Gasteiger partial charge in [-0.05, 0) is 22.7 Å². The molecule has 0 atom stereocenters. The highest BCUT2D eigenvalue weighted by molar-refractivity contribution is 7.85. The SMILES string of the molecule is O=C(Cl)Cc1ccc(CS(=O)(=O)O)cc1. The van der Waals surface area contributed by atoms with Crippen LogP contribution in [-0.4, -0.2) is 18.2 Å². The number of hydrogen-bond donors (Lipinski definition) is 1. The van der Waals surface area contributed by atoms with E-state index in [-0.39, 0.29) is 6.42 Å². The minimum atomic E-state index is -4.01. The normalized spacial score (nSPS) is 11.3. The van der Waals surface area contributed by atoms with Crippen LogP contribution in [-0.2, 0) is 27.1 Å². The third kappa shape index (κ3) is 4.92. The van der Waals surface area contributed by atoms with Crippen molar-refractivity contribution >= 4 is 27.0 Å². The largest absolute Gasteiger partial charge is 0.285 e. The first kappa shape index (κ1) is 12.2. The van der Waals surface area contributed by atoms with Gasteiger partial charge in [0.05, 0.1) is 0 Å². The maximum atomic E-state index is 10.6. The molecule has 15 heavy (non-hydrogen) atoms. The Morgan fingerprint density at radius 3 is 2.07 bits per heavy atom. The number of carbonyl (C=O) groups excluding carboxylic acids is 1. The lowest BCUT2D eigenvalue weighted by Gasteiger charge is -2.00. The first-order valence-corrected chi connectivity index (χ1v) is 6.07. The lowest BCUT2D eigenvalue weighted by atomic mass is 10.1. The quantitative estimate of drug-likeness (QED) is 0.646. The van der Waals surface area contributed by atoms with Gasteiger partial charge in [-0.3, -0.25) is 9.35 Å². The van der Waals surface area contributed by atoms with E-state index in [0.29, 0.717) is 11.1 Å². The molecule has 0 aromatic heterocycles. The fraction of sp³-hybridized carbons (Fsp3) is 0.222. The van der Waals surface area contributed by atoms with E-state index in [1.807, 2.05) is 0 Å². The molecule has 1 rings (SSSR count). The monoisotopic (exact) mass is 248 g/mol. The Kier molecular flexibility index (Phi) is 3.84. The van der Waals surface area contributed by atoms with Gasteiger partial charge in [-0.25, -0.2) is 0 Å². The van der Waals surface area contributed by atoms with E-state index in [4.69, 9.17) is 16.2 Å². The van der Waals surface area contributed by atoms with Gasteiger partial charge in [0.25, 0.3) is 10.1 Å². The molecule has 0 spiro atoms. The molecule has 1 aromatic carbocycles. The molecule has 0 aliphatic rings. The summed E-state index contributed by atoms with van der Waals surface area (Å²) >= 11 is 5.18. The Balaban J connectivity index is 2.77. The van der Waals surface area contributed by atoms with Gasteiger partial charge in [-0.1, -0.05) is 24.3 Å². The van der Waals surface area contributed by atoms with Crippen molar-refractivity contribution in [3.05, 3.63) is 35.4 Å². The van der Waals surface area contributed by atoms with E-state index in [1.165, 1.54) is 12.1 Å². The van der Waals surface area contributed by atoms with E-state index in [0.717, 1.165) is 0 Å². The number of benzene rings is 1. The first-order valence-electron chi connectivity index (χ1n) is 4.08. The molecule has 1 aromatic rings. The molecule has 0 amide bonds. The van der Waals surface area contributed by atoms with Gasteiger partial charge in [-0.2, -0.15) is 8.42 Å². The summed E-state index contributed by atoms with van der Waals surface area (Å²) in [5, 5.41) is -0.475. The van der Waals surface area contributed by atoms with Gasteiger partial charge in [0.2, 0.25) is 5.24 Å². The average Bonchev–Trinajstić information content (AvgIpc) is 2.05. The first-order chi connectivity index (χ1) is 6.87. The van der Waals surface area contributed by atoms with Crippen LogP contribution in [0.1, 0.15) is 11.1 Å². The predicted molar refractivity (Wildman–Crippen MR) is 56.3 cm³/mol. The van der Waals surface area contributed by atoms with Crippen molar-refractivity contribution in [1.82, 2.24) is 0 Å². The second-order valence-electron chi connectivity index (χ2n) is 3.07. The molecule has 0 aliphatic heterocycles. The van der Waals surface area contributed by atoms with Crippen molar-refractivity contribution in [3.63, 3.8) is 0 Å². The smallest absolute Gasteiger partial charge is 0.269 e. The second-order valence-corrected chi connectivity index (χ2v) is 4.95. The summed E-state index contributed by atoms with van der Waals surface area (Å²) in [4.78, 5) is 10.6. The Bertz CT molecular complexity index is 450. The summed E-state index contributed by atoms with van der Waals surface area (Å²) in [7, 11) is -4.01. The predicted octanol–water partition coefficient (Wildman–Crippen LogP) is 1.38. The molecular formula is C9H9ClO4S. The summed E-state index contributed by atoms with van der Waals surface area (Å²) < 4.78 is 29.7.